The smallest absolute Gasteiger partial charge is 0.191 e. The summed E-state index contributed by atoms with van der Waals surface area (Å²) in [4.78, 5) is 0. The second kappa shape index (κ2) is 3.77. The van der Waals surface area contributed by atoms with Crippen LogP contribution in [0, 0.1) is 11.3 Å². The van der Waals surface area contributed by atoms with Gasteiger partial charge in [-0.2, -0.15) is 9.83 Å². The average molecular weight is 248 g/mol. The van der Waals surface area contributed by atoms with Gasteiger partial charge in [0.2, 0.25) is 6.54 Å². The molecule has 0 aliphatic rings. The van der Waals surface area contributed by atoms with Crippen molar-refractivity contribution in [2.24, 2.45) is 0 Å². The van der Waals surface area contributed by atoms with Crippen LogP contribution in [0.2, 0.25) is 0 Å². The van der Waals surface area contributed by atoms with Crippen LogP contribution >= 0.6 is 15.9 Å². The molecule has 3 heteroatoms. The Balaban J connectivity index is 2.63. The zero-order chi connectivity index (χ0) is 9.97. The van der Waals surface area contributed by atoms with E-state index in [1.807, 2.05) is 41.2 Å². The van der Waals surface area contributed by atoms with Crippen molar-refractivity contribution in [1.29, 1.82) is 5.26 Å². The molecule has 0 aliphatic carbocycles. The summed E-state index contributed by atoms with van der Waals surface area (Å²) >= 11 is 3.49. The predicted octanol–water partition coefficient (Wildman–Crippen LogP) is 2.41. The molecule has 0 radical (unpaired) electrons. The van der Waals surface area contributed by atoms with E-state index in [0.717, 1.165) is 9.86 Å². The predicted molar refractivity (Wildman–Crippen MR) is 57.5 cm³/mol. The molecule has 0 fully saturated rings. The Labute approximate surface area is 90.5 Å². The topological polar surface area (TPSA) is 27.7 Å². The van der Waals surface area contributed by atoms with Gasteiger partial charge in [-0.1, -0.05) is 22.0 Å². The lowest BCUT2D eigenvalue weighted by molar-refractivity contribution is -0.683. The Hall–Kier alpha value is -1.40. The second-order valence-corrected chi connectivity index (χ2v) is 3.87. The van der Waals surface area contributed by atoms with Crippen LogP contribution in [-0.4, -0.2) is 0 Å². The highest BCUT2D eigenvalue weighted by atomic mass is 79.9. The molecule has 0 aliphatic heterocycles. The van der Waals surface area contributed by atoms with Gasteiger partial charge in [-0.25, -0.2) is 0 Å². The van der Waals surface area contributed by atoms with Gasteiger partial charge >= 0.3 is 0 Å². The van der Waals surface area contributed by atoms with Gasteiger partial charge in [0.15, 0.2) is 12.4 Å². The van der Waals surface area contributed by atoms with Crippen LogP contribution in [0.1, 0.15) is 0 Å². The van der Waals surface area contributed by atoms with Crippen molar-refractivity contribution in [1.82, 2.24) is 0 Å². The van der Waals surface area contributed by atoms with Gasteiger partial charge in [-0.3, -0.25) is 0 Å². The molecule has 0 unspecified atom stereocenters. The van der Waals surface area contributed by atoms with Gasteiger partial charge in [0.25, 0.3) is 0 Å². The quantitative estimate of drug-likeness (QED) is 0.712. The number of halogens is 1. The van der Waals surface area contributed by atoms with Crippen LogP contribution < -0.4 is 4.57 Å². The fourth-order valence-corrected chi connectivity index (χ4v) is 1.93. The van der Waals surface area contributed by atoms with Crippen LogP contribution in [-0.2, 0) is 6.54 Å². The first-order chi connectivity index (χ1) is 6.81. The molecule has 2 aromatic rings. The zero-order valence-electron chi connectivity index (χ0n) is 7.44. The average Bonchev–Trinajstić information content (AvgIpc) is 2.18. The Morgan fingerprint density at radius 1 is 1.36 bits per heavy atom. The first-order valence-corrected chi connectivity index (χ1v) is 5.05. The molecule has 0 bridgehead atoms. The minimum Gasteiger partial charge on any atom is -0.191 e. The first-order valence-electron chi connectivity index (χ1n) is 4.25. The summed E-state index contributed by atoms with van der Waals surface area (Å²) in [6.07, 6.45) is 3.89. The normalized spacial score (nSPS) is 10.0. The molecule has 0 amide bonds. The highest BCUT2D eigenvalue weighted by Crippen LogP contribution is 2.21. The standard InChI is InChI=1S/C11H8BrN2/c12-11-3-1-2-9-8-14(7-5-13)6-4-10(9)11/h1-4,6,8H,7H2/q+1. The third-order valence-electron chi connectivity index (χ3n) is 2.08. The van der Waals surface area contributed by atoms with E-state index in [9.17, 15) is 0 Å². The Bertz CT molecular complexity index is 514. The lowest BCUT2D eigenvalue weighted by Crippen LogP contribution is -2.31. The number of nitriles is 1. The molecular weight excluding hydrogens is 240 g/mol. The summed E-state index contributed by atoms with van der Waals surface area (Å²) in [5, 5.41) is 10.9. The Kier molecular flexibility index (Phi) is 2.47. The molecule has 0 N–H and O–H groups in total. The third-order valence-corrected chi connectivity index (χ3v) is 2.77. The van der Waals surface area contributed by atoms with Gasteiger partial charge in [-0.05, 0) is 12.1 Å². The third kappa shape index (κ3) is 1.61. The lowest BCUT2D eigenvalue weighted by atomic mass is 10.2. The fraction of sp³-hybridized carbons (Fsp3) is 0.0909. The Morgan fingerprint density at radius 2 is 2.21 bits per heavy atom. The van der Waals surface area contributed by atoms with Gasteiger partial charge in [-0.15, -0.1) is 0 Å². The highest BCUT2D eigenvalue weighted by Gasteiger charge is 2.03. The maximum absolute atomic E-state index is 8.57. The molecule has 0 saturated carbocycles. The van der Waals surface area contributed by atoms with Gasteiger partial charge < -0.3 is 0 Å². The molecule has 14 heavy (non-hydrogen) atoms. The molecule has 0 atom stereocenters. The number of pyridine rings is 1. The van der Waals surface area contributed by atoms with Gasteiger partial charge in [0, 0.05) is 21.3 Å². The van der Waals surface area contributed by atoms with E-state index in [0.29, 0.717) is 6.54 Å². The summed E-state index contributed by atoms with van der Waals surface area (Å²) in [5.41, 5.74) is 0. The van der Waals surface area contributed by atoms with Crippen LogP contribution in [0.15, 0.2) is 41.1 Å². The molecular formula is C11H8BrN2+. The fourth-order valence-electron chi connectivity index (χ4n) is 1.41. The van der Waals surface area contributed by atoms with Crippen LogP contribution in [0.4, 0.5) is 0 Å². The van der Waals surface area contributed by atoms with Crippen molar-refractivity contribution in [2.45, 2.75) is 6.54 Å². The SMILES string of the molecule is N#CC[n+]1ccc2c(Br)cccc2c1. The van der Waals surface area contributed by atoms with Crippen molar-refractivity contribution in [3.8, 4) is 6.07 Å². The molecule has 2 nitrogen and oxygen atoms in total. The number of aromatic nitrogens is 1. The maximum atomic E-state index is 8.57. The summed E-state index contributed by atoms with van der Waals surface area (Å²) in [7, 11) is 0. The van der Waals surface area contributed by atoms with Gasteiger partial charge in [0.05, 0.1) is 0 Å². The number of nitrogens with zero attached hydrogens (tertiary/aromatic N) is 2. The van der Waals surface area contributed by atoms with Crippen molar-refractivity contribution < 1.29 is 4.57 Å². The van der Waals surface area contributed by atoms with Crippen molar-refractivity contribution in [2.75, 3.05) is 0 Å². The number of hydrogen-bond donors (Lipinski definition) is 0. The summed E-state index contributed by atoms with van der Waals surface area (Å²) in [6.45, 7) is 0.391. The zero-order valence-corrected chi connectivity index (χ0v) is 9.03. The van der Waals surface area contributed by atoms with E-state index in [2.05, 4.69) is 22.0 Å². The lowest BCUT2D eigenvalue weighted by Gasteiger charge is -1.97. The molecule has 68 valence electrons. The number of fused-ring (bicyclic) bond motifs is 1. The van der Waals surface area contributed by atoms with Crippen LogP contribution in [0.3, 0.4) is 0 Å². The monoisotopic (exact) mass is 247 g/mol. The van der Waals surface area contributed by atoms with E-state index >= 15 is 0 Å². The number of hydrogen-bond acceptors (Lipinski definition) is 1. The second-order valence-electron chi connectivity index (χ2n) is 3.02. The van der Waals surface area contributed by atoms with E-state index < -0.39 is 0 Å². The Morgan fingerprint density at radius 3 is 3.00 bits per heavy atom. The minimum atomic E-state index is 0.391. The van der Waals surface area contributed by atoms with E-state index in [-0.39, 0.29) is 0 Å². The minimum absolute atomic E-state index is 0.391. The van der Waals surface area contributed by atoms with Crippen LogP contribution in [0.5, 0.6) is 0 Å². The van der Waals surface area contributed by atoms with E-state index in [4.69, 9.17) is 5.26 Å². The van der Waals surface area contributed by atoms with E-state index in [1.54, 1.807) is 0 Å². The molecule has 1 aromatic carbocycles. The summed E-state index contributed by atoms with van der Waals surface area (Å²) < 4.78 is 2.95. The van der Waals surface area contributed by atoms with Crippen molar-refractivity contribution in [3.05, 3.63) is 41.1 Å². The largest absolute Gasteiger partial charge is 0.233 e. The first kappa shape index (κ1) is 9.17. The molecule has 0 saturated heterocycles. The molecule has 1 aromatic heterocycles. The maximum Gasteiger partial charge on any atom is 0.233 e. The van der Waals surface area contributed by atoms with Crippen molar-refractivity contribution in [3.63, 3.8) is 0 Å². The summed E-state index contributed by atoms with van der Waals surface area (Å²) in [5.74, 6) is 0. The number of rotatable bonds is 1. The summed E-state index contributed by atoms with van der Waals surface area (Å²) in [6, 6.07) is 10.2. The number of benzene rings is 1. The molecule has 1 heterocycles. The van der Waals surface area contributed by atoms with Crippen molar-refractivity contribution >= 4 is 26.7 Å². The van der Waals surface area contributed by atoms with Crippen LogP contribution in [0.25, 0.3) is 10.8 Å². The molecule has 2 rings (SSSR count). The highest BCUT2D eigenvalue weighted by molar-refractivity contribution is 9.10. The van der Waals surface area contributed by atoms with E-state index in [1.165, 1.54) is 5.39 Å². The van der Waals surface area contributed by atoms with Gasteiger partial charge in [0.1, 0.15) is 6.07 Å². The molecule has 0 spiro atoms.